The molecule has 1 aromatic carbocycles. The molecule has 139 valence electrons. The van der Waals surface area contributed by atoms with Gasteiger partial charge in [0.15, 0.2) is 0 Å². The van der Waals surface area contributed by atoms with Gasteiger partial charge in [-0.25, -0.2) is 0 Å². The number of benzene rings is 1. The maximum absolute atomic E-state index is 6.10. The Balaban J connectivity index is 0.00000169. The van der Waals surface area contributed by atoms with Crippen LogP contribution in [-0.4, -0.2) is 18.6 Å². The second-order valence-corrected chi connectivity index (χ2v) is 15.4. The summed E-state index contributed by atoms with van der Waals surface area (Å²) in [5.41, 5.74) is 6.10. The number of fused-ring (bicyclic) bond motifs is 1. The molecule has 0 aromatic heterocycles. The molecular formula is C21H27Cl2OSiZr. The van der Waals surface area contributed by atoms with Crippen LogP contribution in [0.3, 0.4) is 0 Å². The first kappa shape index (κ1) is 24.0. The van der Waals surface area contributed by atoms with E-state index >= 15 is 0 Å². The van der Waals surface area contributed by atoms with E-state index in [9.17, 15) is 0 Å². The molecule has 0 N–H and O–H groups in total. The molecule has 1 nitrogen and oxygen atoms in total. The number of rotatable bonds is 6. The van der Waals surface area contributed by atoms with Crippen molar-refractivity contribution in [3.63, 3.8) is 0 Å². The zero-order chi connectivity index (χ0) is 17.2. The van der Waals surface area contributed by atoms with E-state index in [4.69, 9.17) is 4.43 Å². The van der Waals surface area contributed by atoms with Crippen LogP contribution in [0.2, 0.25) is 19.6 Å². The molecule has 0 heterocycles. The zero-order valence-corrected chi connectivity index (χ0v) is 21.0. The van der Waals surface area contributed by atoms with Crippen molar-refractivity contribution in [3.05, 3.63) is 62.5 Å². The molecule has 3 rings (SSSR count). The molecule has 0 saturated heterocycles. The van der Waals surface area contributed by atoms with Crippen molar-refractivity contribution in [1.82, 2.24) is 0 Å². The number of halogens is 2. The van der Waals surface area contributed by atoms with E-state index in [1.807, 2.05) is 0 Å². The molecular weight excluding hydrogens is 458 g/mol. The maximum Gasteiger partial charge on any atom is -1.00 e. The molecule has 0 spiro atoms. The van der Waals surface area contributed by atoms with Gasteiger partial charge in [-0.3, -0.25) is 0 Å². The smallest absolute Gasteiger partial charge is 1.00 e. The first-order valence-electron chi connectivity index (χ1n) is 8.87. The quantitative estimate of drug-likeness (QED) is 0.496. The molecule has 0 aliphatic heterocycles. The normalized spacial score (nSPS) is 18.3. The average Bonchev–Trinajstić information content (AvgIpc) is 3.11. The summed E-state index contributed by atoms with van der Waals surface area (Å²) in [5.74, 6) is 0.494. The van der Waals surface area contributed by atoms with Gasteiger partial charge in [0.25, 0.3) is 0 Å². The van der Waals surface area contributed by atoms with Gasteiger partial charge in [-0.05, 0) is 0 Å². The molecule has 1 unspecified atom stereocenters. The fourth-order valence-corrected chi connectivity index (χ4v) is 6.62. The Kier molecular flexibility index (Phi) is 9.67. The van der Waals surface area contributed by atoms with Crippen LogP contribution in [0.25, 0.3) is 5.57 Å². The molecule has 0 radical (unpaired) electrons. The van der Waals surface area contributed by atoms with E-state index in [0.29, 0.717) is 5.92 Å². The first-order chi connectivity index (χ1) is 11.5. The van der Waals surface area contributed by atoms with E-state index in [0.717, 1.165) is 19.4 Å². The Morgan fingerprint density at radius 3 is 2.62 bits per heavy atom. The van der Waals surface area contributed by atoms with Crippen LogP contribution < -0.4 is 24.8 Å². The molecule has 0 saturated carbocycles. The van der Waals surface area contributed by atoms with E-state index in [1.165, 1.54) is 16.7 Å². The van der Waals surface area contributed by atoms with Gasteiger partial charge in [0.05, 0.1) is 0 Å². The molecule has 2 aliphatic rings. The molecule has 5 heteroatoms. The van der Waals surface area contributed by atoms with Gasteiger partial charge in [0.2, 0.25) is 0 Å². The number of hydrogen-bond acceptors (Lipinski definition) is 1. The van der Waals surface area contributed by atoms with Crippen LogP contribution in [0, 0.1) is 0 Å². The van der Waals surface area contributed by atoms with Crippen LogP contribution in [0.5, 0.6) is 0 Å². The summed E-state index contributed by atoms with van der Waals surface area (Å²) in [6.07, 6.45) is 9.45. The van der Waals surface area contributed by atoms with Gasteiger partial charge in [0.1, 0.15) is 0 Å². The van der Waals surface area contributed by atoms with E-state index in [-0.39, 0.29) is 24.8 Å². The largest absolute Gasteiger partial charge is 1.00 e. The topological polar surface area (TPSA) is 9.23 Å². The third-order valence-corrected chi connectivity index (χ3v) is 8.30. The molecule has 0 fully saturated rings. The molecule has 0 amide bonds. The summed E-state index contributed by atoms with van der Waals surface area (Å²) in [6, 6.07) is 8.99. The minimum atomic E-state index is -1.43. The van der Waals surface area contributed by atoms with Crippen LogP contribution in [0.4, 0.5) is 0 Å². The van der Waals surface area contributed by atoms with Gasteiger partial charge in [-0.15, -0.1) is 0 Å². The molecule has 1 atom stereocenters. The van der Waals surface area contributed by atoms with Crippen molar-refractivity contribution in [2.75, 3.05) is 6.61 Å². The molecule has 1 aromatic rings. The van der Waals surface area contributed by atoms with Crippen molar-refractivity contribution in [3.8, 4) is 0 Å². The van der Waals surface area contributed by atoms with Crippen molar-refractivity contribution >= 4 is 17.6 Å². The van der Waals surface area contributed by atoms with Crippen molar-refractivity contribution < 1.29 is 52.0 Å². The van der Waals surface area contributed by atoms with Crippen molar-refractivity contribution in [2.45, 2.75) is 45.3 Å². The van der Waals surface area contributed by atoms with Gasteiger partial charge in [0, 0.05) is 0 Å². The minimum Gasteiger partial charge on any atom is -1.00 e. The summed E-state index contributed by atoms with van der Waals surface area (Å²) >= 11 is -0.504. The first-order valence-corrected chi connectivity index (χ1v) is 14.9. The molecule has 0 bridgehead atoms. The van der Waals surface area contributed by atoms with Gasteiger partial charge >= 0.3 is 159 Å². The van der Waals surface area contributed by atoms with Crippen LogP contribution in [-0.2, 0) is 27.2 Å². The standard InChI is InChI=1S/C19H23OSi.C2H4.2ClH.Zr/c1-21(2,3)20-13-12-16-14-19(15-8-4-5-9-15)18-11-7-6-10-17(16)18;1-2;;;/h4-7,10-11,14,19H,8,12-13H2,1-3H3;1H,2H3;2*1H;/q;;;;+2/p-2. The van der Waals surface area contributed by atoms with Gasteiger partial charge in [-0.2, -0.15) is 0 Å². The van der Waals surface area contributed by atoms with Gasteiger partial charge in [-0.1, -0.05) is 0 Å². The monoisotopic (exact) mass is 483 g/mol. The fourth-order valence-electron chi connectivity index (χ4n) is 3.53. The second kappa shape index (κ2) is 10.5. The third-order valence-electron chi connectivity index (χ3n) is 4.56. The van der Waals surface area contributed by atoms with E-state index in [2.05, 4.69) is 72.8 Å². The maximum atomic E-state index is 6.10. The predicted octanol–water partition coefficient (Wildman–Crippen LogP) is -0.465. The summed E-state index contributed by atoms with van der Waals surface area (Å²) in [7, 11) is -1.43. The second-order valence-electron chi connectivity index (χ2n) is 7.45. The summed E-state index contributed by atoms with van der Waals surface area (Å²) in [6.45, 7) is 9.87. The summed E-state index contributed by atoms with van der Waals surface area (Å²) < 4.78 is 10.2. The third kappa shape index (κ3) is 5.72. The molecule has 26 heavy (non-hydrogen) atoms. The van der Waals surface area contributed by atoms with Crippen molar-refractivity contribution in [1.29, 1.82) is 0 Å². The number of allylic oxidation sites excluding steroid dienone is 5. The fraction of sp³-hybridized carbons (Fsp3) is 0.381. The van der Waals surface area contributed by atoms with Crippen LogP contribution >= 0.6 is 0 Å². The summed E-state index contributed by atoms with van der Waals surface area (Å²) in [5, 5.41) is 0. The predicted molar refractivity (Wildman–Crippen MR) is 104 cm³/mol. The Morgan fingerprint density at radius 1 is 1.19 bits per heavy atom. The van der Waals surface area contributed by atoms with Crippen LogP contribution in [0.1, 0.15) is 36.8 Å². The summed E-state index contributed by atoms with van der Waals surface area (Å²) in [4.78, 5) is 0. The Labute approximate surface area is 183 Å². The SMILES string of the molecule is C[CH]=[Zr+2][C]1=C(C2C=C(CCO[Si](C)(C)C)c3ccccc32)CC=C1.[Cl-].[Cl-]. The zero-order valence-electron chi connectivity index (χ0n) is 16.0. The molecule has 2 aliphatic carbocycles. The Hall–Kier alpha value is -0.0500. The number of hydrogen-bond donors (Lipinski definition) is 0. The Bertz CT molecular complexity index is 745. The average molecular weight is 486 g/mol. The minimum absolute atomic E-state index is 0. The van der Waals surface area contributed by atoms with E-state index in [1.54, 1.807) is 8.85 Å². The van der Waals surface area contributed by atoms with Crippen LogP contribution in [0.15, 0.2) is 51.3 Å². The van der Waals surface area contributed by atoms with Crippen molar-refractivity contribution in [2.24, 2.45) is 0 Å². The Morgan fingerprint density at radius 2 is 1.92 bits per heavy atom. The van der Waals surface area contributed by atoms with E-state index < -0.39 is 31.1 Å². The van der Waals surface area contributed by atoms with Gasteiger partial charge < -0.3 is 24.8 Å².